The molecule has 0 aliphatic heterocycles. The summed E-state index contributed by atoms with van der Waals surface area (Å²) in [5.41, 5.74) is 0.916. The van der Waals surface area contributed by atoms with Gasteiger partial charge >= 0.3 is 0 Å². The number of carbonyl (C=O) groups is 1. The van der Waals surface area contributed by atoms with E-state index in [1.165, 1.54) is 0 Å². The van der Waals surface area contributed by atoms with E-state index in [4.69, 9.17) is 4.74 Å². The lowest BCUT2D eigenvalue weighted by Gasteiger charge is -2.22. The van der Waals surface area contributed by atoms with Crippen LogP contribution in [0.4, 0.5) is 0 Å². The first-order valence-corrected chi connectivity index (χ1v) is 5.98. The van der Waals surface area contributed by atoms with Gasteiger partial charge in [-0.3, -0.25) is 4.79 Å². The molecule has 1 N–H and O–H groups in total. The standard InChI is InChI=1S/C14H18O3/c1-14(2,16)9-17-13-8-4-5-10-11(13)6-3-7-12(10)15/h4-5,8,16H,3,6-7,9H2,1-2H3. The molecule has 0 amide bonds. The molecule has 0 heterocycles. The number of ether oxygens (including phenoxy) is 1. The van der Waals surface area contributed by atoms with E-state index in [0.717, 1.165) is 29.7 Å². The molecule has 0 radical (unpaired) electrons. The van der Waals surface area contributed by atoms with E-state index in [1.54, 1.807) is 13.8 Å². The minimum Gasteiger partial charge on any atom is -0.490 e. The van der Waals surface area contributed by atoms with E-state index < -0.39 is 5.60 Å². The molecule has 0 spiro atoms. The van der Waals surface area contributed by atoms with Crippen LogP contribution in [0.25, 0.3) is 0 Å². The number of hydrogen-bond donors (Lipinski definition) is 1. The van der Waals surface area contributed by atoms with Gasteiger partial charge in [-0.05, 0) is 32.8 Å². The van der Waals surface area contributed by atoms with Crippen molar-refractivity contribution in [2.75, 3.05) is 6.61 Å². The number of carbonyl (C=O) groups excluding carboxylic acids is 1. The van der Waals surface area contributed by atoms with Gasteiger partial charge in [0.05, 0.1) is 5.60 Å². The molecule has 0 aromatic heterocycles. The summed E-state index contributed by atoms with van der Waals surface area (Å²) >= 11 is 0. The summed E-state index contributed by atoms with van der Waals surface area (Å²) in [7, 11) is 0. The topological polar surface area (TPSA) is 46.5 Å². The fraction of sp³-hybridized carbons (Fsp3) is 0.500. The zero-order valence-electron chi connectivity index (χ0n) is 10.3. The van der Waals surface area contributed by atoms with E-state index in [0.29, 0.717) is 6.42 Å². The summed E-state index contributed by atoms with van der Waals surface area (Å²) in [5, 5.41) is 9.64. The van der Waals surface area contributed by atoms with Crippen molar-refractivity contribution in [3.63, 3.8) is 0 Å². The zero-order chi connectivity index (χ0) is 12.5. The Balaban J connectivity index is 2.24. The van der Waals surface area contributed by atoms with E-state index in [2.05, 4.69) is 0 Å². The summed E-state index contributed by atoms with van der Waals surface area (Å²) in [6, 6.07) is 5.55. The maximum atomic E-state index is 11.7. The highest BCUT2D eigenvalue weighted by molar-refractivity contribution is 5.99. The molecule has 1 aromatic carbocycles. The Morgan fingerprint density at radius 1 is 1.35 bits per heavy atom. The quantitative estimate of drug-likeness (QED) is 0.873. The Kier molecular flexibility index (Phi) is 3.20. The highest BCUT2D eigenvalue weighted by Gasteiger charge is 2.21. The van der Waals surface area contributed by atoms with Crippen LogP contribution in [0.2, 0.25) is 0 Å². The fourth-order valence-corrected chi connectivity index (χ4v) is 2.03. The van der Waals surface area contributed by atoms with Crippen LogP contribution in [0.5, 0.6) is 5.75 Å². The number of rotatable bonds is 3. The highest BCUT2D eigenvalue weighted by Crippen LogP contribution is 2.29. The van der Waals surface area contributed by atoms with Crippen LogP contribution in [0.15, 0.2) is 18.2 Å². The van der Waals surface area contributed by atoms with Gasteiger partial charge in [0.15, 0.2) is 5.78 Å². The van der Waals surface area contributed by atoms with Crippen molar-refractivity contribution in [1.29, 1.82) is 0 Å². The van der Waals surface area contributed by atoms with Crippen LogP contribution in [-0.2, 0) is 6.42 Å². The third-order valence-electron chi connectivity index (χ3n) is 2.84. The van der Waals surface area contributed by atoms with Crippen molar-refractivity contribution in [2.45, 2.75) is 38.7 Å². The van der Waals surface area contributed by atoms with Gasteiger partial charge in [-0.2, -0.15) is 0 Å². The Hall–Kier alpha value is -1.35. The first kappa shape index (κ1) is 12.1. The van der Waals surface area contributed by atoms with E-state index in [1.807, 2.05) is 18.2 Å². The number of hydrogen-bond acceptors (Lipinski definition) is 3. The van der Waals surface area contributed by atoms with Crippen molar-refractivity contribution in [1.82, 2.24) is 0 Å². The van der Waals surface area contributed by atoms with Gasteiger partial charge < -0.3 is 9.84 Å². The van der Waals surface area contributed by atoms with E-state index in [-0.39, 0.29) is 12.4 Å². The predicted octanol–water partition coefficient (Wildman–Crippen LogP) is 2.36. The lowest BCUT2D eigenvalue weighted by molar-refractivity contribution is 0.0281. The number of ketones is 1. The van der Waals surface area contributed by atoms with Crippen molar-refractivity contribution >= 4 is 5.78 Å². The molecular weight excluding hydrogens is 216 g/mol. The monoisotopic (exact) mass is 234 g/mol. The van der Waals surface area contributed by atoms with E-state index in [9.17, 15) is 9.90 Å². The maximum absolute atomic E-state index is 11.7. The number of fused-ring (bicyclic) bond motifs is 1. The fourth-order valence-electron chi connectivity index (χ4n) is 2.03. The maximum Gasteiger partial charge on any atom is 0.163 e. The van der Waals surface area contributed by atoms with Gasteiger partial charge in [0.2, 0.25) is 0 Å². The molecule has 0 fully saturated rings. The molecule has 92 valence electrons. The summed E-state index contributed by atoms with van der Waals surface area (Å²) in [6.45, 7) is 3.64. The number of Topliss-reactive ketones (excluding diaryl/α,β-unsaturated/α-hetero) is 1. The van der Waals surface area contributed by atoms with E-state index >= 15 is 0 Å². The summed E-state index contributed by atoms with van der Waals surface area (Å²) in [6.07, 6.45) is 2.39. The molecule has 0 saturated heterocycles. The number of aliphatic hydroxyl groups is 1. The van der Waals surface area contributed by atoms with Gasteiger partial charge in [0.25, 0.3) is 0 Å². The normalized spacial score (nSPS) is 15.6. The predicted molar refractivity (Wildman–Crippen MR) is 65.5 cm³/mol. The minimum atomic E-state index is -0.860. The van der Waals surface area contributed by atoms with Crippen molar-refractivity contribution in [3.05, 3.63) is 29.3 Å². The average Bonchev–Trinajstić information content (AvgIpc) is 2.26. The van der Waals surface area contributed by atoms with Gasteiger partial charge in [0, 0.05) is 17.5 Å². The molecule has 3 heteroatoms. The smallest absolute Gasteiger partial charge is 0.163 e. The Bertz CT molecular complexity index is 430. The Labute approximate surface area is 101 Å². The van der Waals surface area contributed by atoms with Crippen LogP contribution in [0.1, 0.15) is 42.6 Å². The molecule has 0 saturated carbocycles. The number of benzene rings is 1. The summed E-state index contributed by atoms with van der Waals surface area (Å²) < 4.78 is 5.61. The van der Waals surface area contributed by atoms with Gasteiger partial charge in [-0.25, -0.2) is 0 Å². The second-order valence-corrected chi connectivity index (χ2v) is 5.16. The Morgan fingerprint density at radius 3 is 2.82 bits per heavy atom. The van der Waals surface area contributed by atoms with Crippen LogP contribution in [0, 0.1) is 0 Å². The highest BCUT2D eigenvalue weighted by atomic mass is 16.5. The van der Waals surface area contributed by atoms with Crippen LogP contribution >= 0.6 is 0 Å². The molecular formula is C14H18O3. The molecule has 0 atom stereocenters. The minimum absolute atomic E-state index is 0.194. The lowest BCUT2D eigenvalue weighted by Crippen LogP contribution is -2.28. The molecule has 17 heavy (non-hydrogen) atoms. The largest absolute Gasteiger partial charge is 0.490 e. The SMILES string of the molecule is CC(C)(O)COc1cccc2c1CCCC2=O. The van der Waals surface area contributed by atoms with Crippen molar-refractivity contribution in [2.24, 2.45) is 0 Å². The molecule has 3 nitrogen and oxygen atoms in total. The van der Waals surface area contributed by atoms with Gasteiger partial charge in [-0.15, -0.1) is 0 Å². The lowest BCUT2D eigenvalue weighted by atomic mass is 9.90. The summed E-state index contributed by atoms with van der Waals surface area (Å²) in [4.78, 5) is 11.7. The molecule has 1 aliphatic carbocycles. The zero-order valence-corrected chi connectivity index (χ0v) is 10.3. The second-order valence-electron chi connectivity index (χ2n) is 5.16. The first-order chi connectivity index (χ1) is 7.97. The third-order valence-corrected chi connectivity index (χ3v) is 2.84. The Morgan fingerprint density at radius 2 is 2.12 bits per heavy atom. The summed E-state index contributed by atoms with van der Waals surface area (Å²) in [5.74, 6) is 0.928. The van der Waals surface area contributed by atoms with Crippen molar-refractivity contribution < 1.29 is 14.6 Å². The molecule has 0 bridgehead atoms. The molecule has 0 unspecified atom stereocenters. The second kappa shape index (κ2) is 4.49. The first-order valence-electron chi connectivity index (χ1n) is 5.98. The molecule has 1 aromatic rings. The van der Waals surface area contributed by atoms with Crippen LogP contribution in [-0.4, -0.2) is 23.1 Å². The molecule has 2 rings (SSSR count). The van der Waals surface area contributed by atoms with Crippen LogP contribution < -0.4 is 4.74 Å². The third kappa shape index (κ3) is 2.86. The van der Waals surface area contributed by atoms with Gasteiger partial charge in [0.1, 0.15) is 12.4 Å². The van der Waals surface area contributed by atoms with Crippen LogP contribution in [0.3, 0.4) is 0 Å². The average molecular weight is 234 g/mol. The molecule has 1 aliphatic rings. The van der Waals surface area contributed by atoms with Gasteiger partial charge in [-0.1, -0.05) is 12.1 Å². The van der Waals surface area contributed by atoms with Crippen molar-refractivity contribution in [3.8, 4) is 5.75 Å².